The molecule has 0 spiro atoms. The van der Waals surface area contributed by atoms with E-state index in [4.69, 9.17) is 24.3 Å². The SMILES string of the molecule is CC/C=C\C/C=C\C/C=C\C/C=C\C/C=C\C/C=C\C/C=C\C/C=C\CCCCCCCCCCCCCCCCCCC(=O)OC(COC(=O)CCCCCCC/C=C\CCCCCCC)COP(=O)(O)OCCN. The summed E-state index contributed by atoms with van der Waals surface area (Å²) in [4.78, 5) is 35.1. The maximum absolute atomic E-state index is 12.7. The molecule has 2 atom stereocenters. The number of phosphoric acid groups is 1. The van der Waals surface area contributed by atoms with Gasteiger partial charge in [0.1, 0.15) is 6.61 Å². The molecule has 0 rings (SSSR count). The standard InChI is InChI=1S/C66H114NO8P/c1-3-5-7-9-11-13-15-17-19-20-21-22-23-24-25-26-27-28-29-30-31-32-33-34-35-36-37-38-39-40-41-42-43-44-45-47-49-51-53-55-57-59-66(69)75-64(63-74-76(70,71)73-61-60-67)62-72-65(68)58-56-54-52-50-48-46-18-16-14-12-10-8-6-4-2/h5,7,11,13,16-19,21-22,24-25,27-28,30-31,33-34,64H,3-4,6,8-10,12,14-15,20,23,26,29,32,35-63,67H2,1-2H3,(H,70,71)/b7-5-,13-11-,18-16-,19-17-,22-21-,25-24-,28-27-,31-30-,34-33-. The average molecular weight is 1080 g/mol. The molecule has 436 valence electrons. The van der Waals surface area contributed by atoms with Crippen LogP contribution < -0.4 is 5.73 Å². The van der Waals surface area contributed by atoms with Crippen molar-refractivity contribution in [3.8, 4) is 0 Å². The smallest absolute Gasteiger partial charge is 0.462 e. The fourth-order valence-electron chi connectivity index (χ4n) is 8.35. The number of allylic oxidation sites excluding steroid dienone is 18. The van der Waals surface area contributed by atoms with Gasteiger partial charge in [-0.2, -0.15) is 0 Å². The minimum absolute atomic E-state index is 0.0498. The molecule has 9 nitrogen and oxygen atoms in total. The van der Waals surface area contributed by atoms with Crippen LogP contribution in [0.5, 0.6) is 0 Å². The second-order valence-electron chi connectivity index (χ2n) is 20.2. The van der Waals surface area contributed by atoms with Gasteiger partial charge in [-0.05, 0) is 103 Å². The van der Waals surface area contributed by atoms with Crippen LogP contribution in [0.25, 0.3) is 0 Å². The number of hydrogen-bond donors (Lipinski definition) is 2. The molecule has 0 bridgehead atoms. The molecule has 0 aliphatic carbocycles. The van der Waals surface area contributed by atoms with Crippen molar-refractivity contribution in [3.63, 3.8) is 0 Å². The molecule has 0 aromatic rings. The fraction of sp³-hybridized carbons (Fsp3) is 0.697. The molecule has 76 heavy (non-hydrogen) atoms. The van der Waals surface area contributed by atoms with Gasteiger partial charge < -0.3 is 20.1 Å². The van der Waals surface area contributed by atoms with Gasteiger partial charge in [0.05, 0.1) is 13.2 Å². The molecule has 0 radical (unpaired) electrons. The number of unbranched alkanes of at least 4 members (excludes halogenated alkanes) is 26. The molecule has 0 fully saturated rings. The monoisotopic (exact) mass is 1080 g/mol. The minimum atomic E-state index is -4.39. The van der Waals surface area contributed by atoms with Crippen LogP contribution >= 0.6 is 7.82 Å². The van der Waals surface area contributed by atoms with Crippen LogP contribution in [0.3, 0.4) is 0 Å². The highest BCUT2D eigenvalue weighted by atomic mass is 31.2. The molecule has 0 aliphatic heterocycles. The van der Waals surface area contributed by atoms with Crippen molar-refractivity contribution in [3.05, 3.63) is 109 Å². The molecular formula is C66H114NO8P. The molecule has 0 aliphatic rings. The number of carbonyl (C=O) groups is 2. The number of nitrogens with two attached hydrogens (primary N) is 1. The van der Waals surface area contributed by atoms with Crippen molar-refractivity contribution in [2.45, 2.75) is 270 Å². The first-order chi connectivity index (χ1) is 37.3. The van der Waals surface area contributed by atoms with Crippen LogP contribution in [0, 0.1) is 0 Å². The number of esters is 2. The van der Waals surface area contributed by atoms with Crippen molar-refractivity contribution in [1.82, 2.24) is 0 Å². The first-order valence-electron chi connectivity index (χ1n) is 30.9. The highest BCUT2D eigenvalue weighted by Gasteiger charge is 2.26. The zero-order valence-corrected chi connectivity index (χ0v) is 49.6. The van der Waals surface area contributed by atoms with Gasteiger partial charge >= 0.3 is 19.8 Å². The summed E-state index contributed by atoms with van der Waals surface area (Å²) in [5, 5.41) is 0. The van der Waals surface area contributed by atoms with Gasteiger partial charge in [0.15, 0.2) is 6.10 Å². The quantitative estimate of drug-likeness (QED) is 0.0264. The summed E-state index contributed by atoms with van der Waals surface area (Å²) in [6, 6.07) is 0. The van der Waals surface area contributed by atoms with E-state index < -0.39 is 26.5 Å². The van der Waals surface area contributed by atoms with Crippen molar-refractivity contribution in [2.24, 2.45) is 5.73 Å². The summed E-state index contributed by atoms with van der Waals surface area (Å²) in [6.07, 6.45) is 83.1. The second-order valence-corrected chi connectivity index (χ2v) is 21.6. The Morgan fingerprint density at radius 3 is 1.09 bits per heavy atom. The Bertz CT molecular complexity index is 1610. The van der Waals surface area contributed by atoms with E-state index in [2.05, 4.69) is 123 Å². The van der Waals surface area contributed by atoms with Crippen LogP contribution in [-0.2, 0) is 32.7 Å². The van der Waals surface area contributed by atoms with Gasteiger partial charge in [0.25, 0.3) is 0 Å². The average Bonchev–Trinajstić information content (AvgIpc) is 3.41. The van der Waals surface area contributed by atoms with E-state index in [1.165, 1.54) is 122 Å². The van der Waals surface area contributed by atoms with Gasteiger partial charge in [-0.1, -0.05) is 258 Å². The highest BCUT2D eigenvalue weighted by Crippen LogP contribution is 2.43. The second kappa shape index (κ2) is 60.9. The summed E-state index contributed by atoms with van der Waals surface area (Å²) in [6.45, 7) is 3.61. The van der Waals surface area contributed by atoms with E-state index >= 15 is 0 Å². The molecule has 2 unspecified atom stereocenters. The lowest BCUT2D eigenvalue weighted by Crippen LogP contribution is -2.29. The van der Waals surface area contributed by atoms with Gasteiger partial charge in [0.2, 0.25) is 0 Å². The summed E-state index contributed by atoms with van der Waals surface area (Å²) in [5.74, 6) is -0.836. The van der Waals surface area contributed by atoms with E-state index in [1.807, 2.05) is 0 Å². The number of rotatable bonds is 57. The summed E-state index contributed by atoms with van der Waals surface area (Å²) >= 11 is 0. The molecule has 3 N–H and O–H groups in total. The zero-order valence-electron chi connectivity index (χ0n) is 48.7. The van der Waals surface area contributed by atoms with Gasteiger partial charge in [0, 0.05) is 19.4 Å². The summed E-state index contributed by atoms with van der Waals surface area (Å²) < 4.78 is 33.0. The third kappa shape index (κ3) is 59.9. The summed E-state index contributed by atoms with van der Waals surface area (Å²) in [5.41, 5.74) is 5.38. The van der Waals surface area contributed by atoms with E-state index in [-0.39, 0.29) is 38.6 Å². The Hall–Kier alpha value is -3.33. The molecule has 0 amide bonds. The van der Waals surface area contributed by atoms with Crippen molar-refractivity contribution in [1.29, 1.82) is 0 Å². The fourth-order valence-corrected chi connectivity index (χ4v) is 9.12. The topological polar surface area (TPSA) is 134 Å². The van der Waals surface area contributed by atoms with Crippen LogP contribution in [-0.4, -0.2) is 49.3 Å². The molecule has 0 saturated heterocycles. The lowest BCUT2D eigenvalue weighted by atomic mass is 10.0. The molecular weight excluding hydrogens is 966 g/mol. The Balaban J connectivity index is 3.85. The van der Waals surface area contributed by atoms with Crippen LogP contribution in [0.1, 0.15) is 264 Å². The number of ether oxygens (including phenoxy) is 2. The molecule has 0 aromatic heterocycles. The Morgan fingerprint density at radius 2 is 0.724 bits per heavy atom. The number of phosphoric ester groups is 1. The van der Waals surface area contributed by atoms with E-state index in [0.717, 1.165) is 109 Å². The van der Waals surface area contributed by atoms with Gasteiger partial charge in [-0.3, -0.25) is 18.6 Å². The minimum Gasteiger partial charge on any atom is -0.462 e. The lowest BCUT2D eigenvalue weighted by Gasteiger charge is -2.19. The molecule has 0 saturated carbocycles. The maximum atomic E-state index is 12.7. The van der Waals surface area contributed by atoms with Gasteiger partial charge in [-0.25, -0.2) is 4.57 Å². The lowest BCUT2D eigenvalue weighted by molar-refractivity contribution is -0.161. The van der Waals surface area contributed by atoms with Gasteiger partial charge in [-0.15, -0.1) is 0 Å². The van der Waals surface area contributed by atoms with Crippen LogP contribution in [0.15, 0.2) is 109 Å². The normalized spacial score (nSPS) is 13.8. The third-order valence-corrected chi connectivity index (χ3v) is 13.9. The zero-order chi connectivity index (χ0) is 55.2. The van der Waals surface area contributed by atoms with E-state index in [0.29, 0.717) is 6.42 Å². The largest absolute Gasteiger partial charge is 0.472 e. The van der Waals surface area contributed by atoms with Crippen molar-refractivity contribution in [2.75, 3.05) is 26.4 Å². The van der Waals surface area contributed by atoms with E-state index in [1.54, 1.807) is 0 Å². The molecule has 0 heterocycles. The Morgan fingerprint density at radius 1 is 0.408 bits per heavy atom. The Kier molecular flexibility index (Phi) is 58.2. The van der Waals surface area contributed by atoms with Crippen molar-refractivity contribution >= 4 is 19.8 Å². The molecule has 0 aromatic carbocycles. The predicted molar refractivity (Wildman–Crippen MR) is 325 cm³/mol. The third-order valence-electron chi connectivity index (χ3n) is 12.9. The highest BCUT2D eigenvalue weighted by molar-refractivity contribution is 7.47. The van der Waals surface area contributed by atoms with Crippen LogP contribution in [0.4, 0.5) is 0 Å². The number of hydrogen-bond acceptors (Lipinski definition) is 8. The predicted octanol–water partition coefficient (Wildman–Crippen LogP) is 19.8. The maximum Gasteiger partial charge on any atom is 0.472 e. The van der Waals surface area contributed by atoms with E-state index in [9.17, 15) is 19.0 Å². The molecule has 10 heteroatoms. The first kappa shape index (κ1) is 72.7. The van der Waals surface area contributed by atoms with Crippen LogP contribution in [0.2, 0.25) is 0 Å². The summed E-state index contributed by atoms with van der Waals surface area (Å²) in [7, 11) is -4.39. The Labute approximate surface area is 467 Å². The number of carbonyl (C=O) groups excluding carboxylic acids is 2. The first-order valence-corrected chi connectivity index (χ1v) is 32.4. The van der Waals surface area contributed by atoms with Crippen molar-refractivity contribution < 1.29 is 37.6 Å².